The highest BCUT2D eigenvalue weighted by Gasteiger charge is 2.23. The van der Waals surface area contributed by atoms with Gasteiger partial charge in [0.2, 0.25) is 0 Å². The van der Waals surface area contributed by atoms with Crippen molar-refractivity contribution in [3.05, 3.63) is 64.8 Å². The van der Waals surface area contributed by atoms with Gasteiger partial charge in [-0.3, -0.25) is 0 Å². The van der Waals surface area contributed by atoms with E-state index in [1.54, 1.807) is 6.20 Å². The van der Waals surface area contributed by atoms with Crippen molar-refractivity contribution in [2.24, 2.45) is 0 Å². The molecule has 1 aliphatic rings. The molecular formula is C23H24ClN3O2. The molecule has 29 heavy (non-hydrogen) atoms. The van der Waals surface area contributed by atoms with Crippen molar-refractivity contribution in [2.75, 3.05) is 42.6 Å². The summed E-state index contributed by atoms with van der Waals surface area (Å²) in [5.74, 6) is 0.583. The minimum Gasteiger partial charge on any atom is -0.462 e. The zero-order valence-electron chi connectivity index (χ0n) is 16.7. The van der Waals surface area contributed by atoms with E-state index in [9.17, 15) is 4.79 Å². The molecular weight excluding hydrogens is 386 g/mol. The number of ether oxygens (including phenoxy) is 1. The molecule has 0 N–H and O–H groups in total. The maximum Gasteiger partial charge on any atom is 0.340 e. The second-order valence-corrected chi connectivity index (χ2v) is 7.60. The highest BCUT2D eigenvalue weighted by Crippen LogP contribution is 2.30. The molecule has 6 heteroatoms. The fourth-order valence-corrected chi connectivity index (χ4v) is 4.05. The van der Waals surface area contributed by atoms with Crippen LogP contribution in [0.3, 0.4) is 0 Å². The third-order valence-electron chi connectivity index (χ3n) is 5.36. The third-order valence-corrected chi connectivity index (χ3v) is 5.60. The van der Waals surface area contributed by atoms with Gasteiger partial charge < -0.3 is 14.5 Å². The number of anilines is 2. The summed E-state index contributed by atoms with van der Waals surface area (Å²) in [5, 5.41) is 2.62. The van der Waals surface area contributed by atoms with Crippen LogP contribution in [0, 0.1) is 6.92 Å². The maximum atomic E-state index is 12.3. The van der Waals surface area contributed by atoms with Crippen LogP contribution in [0.5, 0.6) is 0 Å². The van der Waals surface area contributed by atoms with Crippen LogP contribution in [0.1, 0.15) is 22.8 Å². The number of carbonyl (C=O) groups is 1. The predicted molar refractivity (Wildman–Crippen MR) is 118 cm³/mol. The number of pyridine rings is 1. The lowest BCUT2D eigenvalue weighted by Crippen LogP contribution is -2.47. The molecule has 0 saturated carbocycles. The maximum absolute atomic E-state index is 12.3. The normalized spacial score (nSPS) is 14.3. The van der Waals surface area contributed by atoms with Gasteiger partial charge in [0.15, 0.2) is 0 Å². The highest BCUT2D eigenvalue weighted by molar-refractivity contribution is 6.30. The first-order chi connectivity index (χ1) is 14.1. The van der Waals surface area contributed by atoms with Gasteiger partial charge in [-0.1, -0.05) is 41.9 Å². The first-order valence-electron chi connectivity index (χ1n) is 9.89. The summed E-state index contributed by atoms with van der Waals surface area (Å²) in [5.41, 5.74) is 2.93. The molecule has 3 aromatic rings. The van der Waals surface area contributed by atoms with Crippen LogP contribution in [0.15, 0.2) is 48.7 Å². The summed E-state index contributed by atoms with van der Waals surface area (Å²) in [6, 6.07) is 13.9. The van der Waals surface area contributed by atoms with E-state index in [0.29, 0.717) is 12.2 Å². The monoisotopic (exact) mass is 409 g/mol. The second kappa shape index (κ2) is 8.29. The van der Waals surface area contributed by atoms with Crippen LogP contribution in [-0.2, 0) is 4.74 Å². The van der Waals surface area contributed by atoms with Gasteiger partial charge in [0.25, 0.3) is 0 Å². The minimum absolute atomic E-state index is 0.330. The number of rotatable bonds is 4. The fraction of sp³-hybridized carbons (Fsp3) is 0.304. The van der Waals surface area contributed by atoms with E-state index in [2.05, 4.69) is 27.8 Å². The number of benzene rings is 2. The number of halogens is 1. The van der Waals surface area contributed by atoms with E-state index in [1.165, 1.54) is 11.3 Å². The van der Waals surface area contributed by atoms with Crippen LogP contribution in [0.25, 0.3) is 10.8 Å². The molecule has 5 nitrogen and oxygen atoms in total. The molecule has 2 heterocycles. The van der Waals surface area contributed by atoms with Gasteiger partial charge in [0, 0.05) is 53.9 Å². The smallest absolute Gasteiger partial charge is 0.340 e. The number of hydrogen-bond acceptors (Lipinski definition) is 5. The molecule has 0 amide bonds. The molecule has 0 unspecified atom stereocenters. The van der Waals surface area contributed by atoms with Crippen molar-refractivity contribution < 1.29 is 9.53 Å². The molecule has 0 bridgehead atoms. The summed E-state index contributed by atoms with van der Waals surface area (Å²) in [6.45, 7) is 7.74. The molecule has 0 spiro atoms. The average molecular weight is 410 g/mol. The Kier molecular flexibility index (Phi) is 5.58. The van der Waals surface area contributed by atoms with E-state index < -0.39 is 0 Å². The Morgan fingerprint density at radius 3 is 2.48 bits per heavy atom. The Labute approximate surface area is 175 Å². The minimum atomic E-state index is -0.330. The Balaban J connectivity index is 1.60. The number of esters is 1. The first-order valence-corrected chi connectivity index (χ1v) is 10.3. The van der Waals surface area contributed by atoms with Crippen LogP contribution in [0.2, 0.25) is 5.02 Å². The molecule has 150 valence electrons. The molecule has 1 aromatic heterocycles. The quantitative estimate of drug-likeness (QED) is 0.584. The van der Waals surface area contributed by atoms with Crippen molar-refractivity contribution in [3.8, 4) is 0 Å². The molecule has 1 fully saturated rings. The number of fused-ring (bicyclic) bond motifs is 1. The fourth-order valence-electron chi connectivity index (χ4n) is 3.88. The molecule has 1 aliphatic heterocycles. The van der Waals surface area contributed by atoms with Crippen molar-refractivity contribution in [1.29, 1.82) is 0 Å². The molecule has 2 aromatic carbocycles. The predicted octanol–water partition coefficient (Wildman–Crippen LogP) is 4.70. The Morgan fingerprint density at radius 2 is 1.76 bits per heavy atom. The van der Waals surface area contributed by atoms with Gasteiger partial charge in [-0.15, -0.1) is 0 Å². The lowest BCUT2D eigenvalue weighted by molar-refractivity contribution is 0.0528. The third kappa shape index (κ3) is 3.87. The number of hydrogen-bond donors (Lipinski definition) is 0. The number of aromatic nitrogens is 1. The van der Waals surface area contributed by atoms with Gasteiger partial charge in [0.1, 0.15) is 5.82 Å². The van der Waals surface area contributed by atoms with Gasteiger partial charge in [-0.05, 0) is 31.5 Å². The van der Waals surface area contributed by atoms with Gasteiger partial charge in [-0.2, -0.15) is 0 Å². The zero-order valence-corrected chi connectivity index (χ0v) is 17.4. The van der Waals surface area contributed by atoms with Crippen molar-refractivity contribution >= 4 is 39.8 Å². The van der Waals surface area contributed by atoms with Crippen LogP contribution in [-0.4, -0.2) is 43.7 Å². The Hall–Kier alpha value is -2.79. The van der Waals surface area contributed by atoms with E-state index in [-0.39, 0.29) is 5.97 Å². The SMILES string of the molecule is CCOC(=O)c1cnc(N2CCN(c3cc(Cl)ccc3C)CC2)c2ccccc12. The molecule has 4 rings (SSSR count). The van der Waals surface area contributed by atoms with E-state index >= 15 is 0 Å². The molecule has 0 atom stereocenters. The van der Waals surface area contributed by atoms with E-state index in [0.717, 1.165) is 47.8 Å². The Morgan fingerprint density at radius 1 is 1.07 bits per heavy atom. The van der Waals surface area contributed by atoms with Gasteiger partial charge in [-0.25, -0.2) is 9.78 Å². The lowest BCUT2D eigenvalue weighted by Gasteiger charge is -2.38. The number of nitrogens with zero attached hydrogens (tertiary/aromatic N) is 3. The topological polar surface area (TPSA) is 45.7 Å². The number of carbonyl (C=O) groups excluding carboxylic acids is 1. The first kappa shape index (κ1) is 19.5. The zero-order chi connectivity index (χ0) is 20.4. The van der Waals surface area contributed by atoms with Crippen molar-refractivity contribution in [1.82, 2.24) is 4.98 Å². The van der Waals surface area contributed by atoms with E-state index in [1.807, 2.05) is 43.3 Å². The summed E-state index contributed by atoms with van der Waals surface area (Å²) in [6.07, 6.45) is 1.64. The molecule has 0 radical (unpaired) electrons. The largest absolute Gasteiger partial charge is 0.462 e. The lowest BCUT2D eigenvalue weighted by atomic mass is 10.1. The highest BCUT2D eigenvalue weighted by atomic mass is 35.5. The van der Waals surface area contributed by atoms with Crippen molar-refractivity contribution in [3.63, 3.8) is 0 Å². The van der Waals surface area contributed by atoms with Gasteiger partial charge in [0.05, 0.1) is 12.2 Å². The summed E-state index contributed by atoms with van der Waals surface area (Å²) in [4.78, 5) is 21.6. The van der Waals surface area contributed by atoms with E-state index in [4.69, 9.17) is 16.3 Å². The molecule has 0 aliphatic carbocycles. The van der Waals surface area contributed by atoms with Crippen LogP contribution in [0.4, 0.5) is 11.5 Å². The van der Waals surface area contributed by atoms with Crippen LogP contribution >= 0.6 is 11.6 Å². The number of piperazine rings is 1. The summed E-state index contributed by atoms with van der Waals surface area (Å²) in [7, 11) is 0. The van der Waals surface area contributed by atoms with Crippen LogP contribution < -0.4 is 9.80 Å². The Bertz CT molecular complexity index is 1050. The van der Waals surface area contributed by atoms with Gasteiger partial charge >= 0.3 is 5.97 Å². The number of aryl methyl sites for hydroxylation is 1. The molecule has 1 saturated heterocycles. The standard InChI is InChI=1S/C23H24ClN3O2/c1-3-29-23(28)20-15-25-22(19-7-5-4-6-18(19)20)27-12-10-26(11-13-27)21-14-17(24)9-8-16(21)2/h4-9,14-15H,3,10-13H2,1-2H3. The average Bonchev–Trinajstić information content (AvgIpc) is 2.75. The second-order valence-electron chi connectivity index (χ2n) is 7.17. The van der Waals surface area contributed by atoms with Crippen molar-refractivity contribution in [2.45, 2.75) is 13.8 Å². The summed E-state index contributed by atoms with van der Waals surface area (Å²) >= 11 is 6.20. The summed E-state index contributed by atoms with van der Waals surface area (Å²) < 4.78 is 5.20.